The van der Waals surface area contributed by atoms with E-state index >= 15 is 0 Å². The van der Waals surface area contributed by atoms with Crippen molar-refractivity contribution in [1.82, 2.24) is 0 Å². The lowest BCUT2D eigenvalue weighted by atomic mass is 9.92. The highest BCUT2D eigenvalue weighted by atomic mass is 16.7. The summed E-state index contributed by atoms with van der Waals surface area (Å²) in [5.74, 6) is -2.49. The van der Waals surface area contributed by atoms with Crippen molar-refractivity contribution >= 4 is 23.9 Å². The molecule has 0 bridgehead atoms. The zero-order valence-electron chi connectivity index (χ0n) is 15.3. The van der Waals surface area contributed by atoms with Crippen LogP contribution in [0.25, 0.3) is 0 Å². The van der Waals surface area contributed by atoms with Gasteiger partial charge in [0.15, 0.2) is 18.3 Å². The summed E-state index contributed by atoms with van der Waals surface area (Å²) in [5, 5.41) is 0. The van der Waals surface area contributed by atoms with Crippen LogP contribution in [0, 0.1) is 0 Å². The number of carbonyl (C=O) groups is 4. The maximum absolute atomic E-state index is 11.6. The maximum atomic E-state index is 11.6. The molecule has 1 fully saturated rings. The van der Waals surface area contributed by atoms with Crippen LogP contribution in [0.2, 0.25) is 0 Å². The van der Waals surface area contributed by atoms with Crippen LogP contribution in [0.1, 0.15) is 34.1 Å². The summed E-state index contributed by atoms with van der Waals surface area (Å²) >= 11 is 0. The lowest BCUT2D eigenvalue weighted by Gasteiger charge is -2.44. The molecule has 5 atom stereocenters. The Labute approximate surface area is 151 Å². The highest BCUT2D eigenvalue weighted by molar-refractivity contribution is 5.68. The topological polar surface area (TPSA) is 114 Å². The molecule has 0 N–H and O–H groups in total. The van der Waals surface area contributed by atoms with E-state index in [1.165, 1.54) is 27.7 Å². The van der Waals surface area contributed by atoms with Gasteiger partial charge in [0.1, 0.15) is 18.8 Å². The fourth-order valence-electron chi connectivity index (χ4n) is 2.67. The second kappa shape index (κ2) is 9.91. The van der Waals surface area contributed by atoms with E-state index in [0.29, 0.717) is 0 Å². The molecule has 1 heterocycles. The van der Waals surface area contributed by atoms with E-state index in [9.17, 15) is 19.2 Å². The smallest absolute Gasteiger partial charge is 0.303 e. The van der Waals surface area contributed by atoms with Crippen LogP contribution in [0.3, 0.4) is 0 Å². The third-order valence-electron chi connectivity index (χ3n) is 3.49. The Hall–Kier alpha value is -2.42. The number of hydrogen-bond acceptors (Lipinski definition) is 9. The van der Waals surface area contributed by atoms with Crippen LogP contribution in [-0.4, -0.2) is 61.0 Å². The number of esters is 4. The average Bonchev–Trinajstić information content (AvgIpc) is 2.50. The average molecular weight is 372 g/mol. The third-order valence-corrected chi connectivity index (χ3v) is 3.49. The van der Waals surface area contributed by atoms with E-state index in [-0.39, 0.29) is 13.0 Å². The normalized spacial score (nSPS) is 27.8. The summed E-state index contributed by atoms with van der Waals surface area (Å²) in [6.07, 6.45) is -3.11. The fourth-order valence-corrected chi connectivity index (χ4v) is 2.67. The van der Waals surface area contributed by atoms with Crippen molar-refractivity contribution in [2.45, 2.75) is 64.6 Å². The Bertz CT molecular complexity index is 556. The summed E-state index contributed by atoms with van der Waals surface area (Å²) in [6.45, 7) is 8.15. The van der Waals surface area contributed by atoms with Gasteiger partial charge >= 0.3 is 23.9 Å². The lowest BCUT2D eigenvalue weighted by molar-refractivity contribution is -0.251. The van der Waals surface area contributed by atoms with Gasteiger partial charge in [-0.2, -0.15) is 0 Å². The maximum Gasteiger partial charge on any atom is 0.303 e. The van der Waals surface area contributed by atoms with E-state index in [0.717, 1.165) is 0 Å². The highest BCUT2D eigenvalue weighted by Crippen LogP contribution is 2.30. The molecule has 1 aliphatic heterocycles. The number of ether oxygens (including phenoxy) is 5. The van der Waals surface area contributed by atoms with Crippen molar-refractivity contribution in [3.63, 3.8) is 0 Å². The Kier molecular flexibility index (Phi) is 8.24. The first kappa shape index (κ1) is 21.6. The van der Waals surface area contributed by atoms with Crippen molar-refractivity contribution in [1.29, 1.82) is 0 Å². The molecule has 26 heavy (non-hydrogen) atoms. The van der Waals surface area contributed by atoms with Gasteiger partial charge in [0.05, 0.1) is 0 Å². The van der Waals surface area contributed by atoms with Crippen molar-refractivity contribution < 1.29 is 42.9 Å². The zero-order chi connectivity index (χ0) is 19.9. The van der Waals surface area contributed by atoms with Gasteiger partial charge in [-0.3, -0.25) is 19.2 Å². The van der Waals surface area contributed by atoms with E-state index in [2.05, 4.69) is 6.58 Å². The molecule has 1 saturated heterocycles. The van der Waals surface area contributed by atoms with E-state index in [1.54, 1.807) is 6.08 Å². The standard InChI is InChI=1S/C17H24O9/c1-6-7-13-15(23-10(3)19)17(25-12(5)21)16(24-11(4)20)14(26-13)8-22-9(2)18/h6,13-17H,1,7-8H2,2-5H3/t13?,14-,15+,16+,17-/m1/s1. The summed E-state index contributed by atoms with van der Waals surface area (Å²) in [4.78, 5) is 45.7. The van der Waals surface area contributed by atoms with Crippen LogP contribution < -0.4 is 0 Å². The molecule has 0 aromatic carbocycles. The Morgan fingerprint density at radius 1 is 0.808 bits per heavy atom. The van der Waals surface area contributed by atoms with E-state index in [1.807, 2.05) is 0 Å². The van der Waals surface area contributed by atoms with Crippen LogP contribution in [0.4, 0.5) is 0 Å². The van der Waals surface area contributed by atoms with E-state index in [4.69, 9.17) is 23.7 Å². The quantitative estimate of drug-likeness (QED) is 0.361. The van der Waals surface area contributed by atoms with E-state index < -0.39 is 54.4 Å². The Balaban J connectivity index is 3.24. The van der Waals surface area contributed by atoms with Crippen LogP contribution in [0.15, 0.2) is 12.7 Å². The SMILES string of the molecule is C=CCC1O[C@H](COC(C)=O)[C@H](OC(C)=O)[C@H](OC(C)=O)[C@H]1OC(C)=O. The van der Waals surface area contributed by atoms with Crippen LogP contribution in [0.5, 0.6) is 0 Å². The first-order valence-electron chi connectivity index (χ1n) is 8.07. The molecule has 0 amide bonds. The minimum atomic E-state index is -1.13. The predicted molar refractivity (Wildman–Crippen MR) is 86.8 cm³/mol. The van der Waals surface area contributed by atoms with Gasteiger partial charge in [0.25, 0.3) is 0 Å². The predicted octanol–water partition coefficient (Wildman–Crippen LogP) is 0.688. The van der Waals surface area contributed by atoms with Gasteiger partial charge in [-0.1, -0.05) is 6.08 Å². The summed E-state index contributed by atoms with van der Waals surface area (Å²) in [5.41, 5.74) is 0. The molecule has 1 aliphatic rings. The second-order valence-corrected chi connectivity index (χ2v) is 5.76. The molecular formula is C17H24O9. The van der Waals surface area contributed by atoms with Crippen molar-refractivity contribution in [3.8, 4) is 0 Å². The minimum Gasteiger partial charge on any atom is -0.463 e. The lowest BCUT2D eigenvalue weighted by Crippen LogP contribution is -2.62. The molecule has 0 saturated carbocycles. The molecule has 0 spiro atoms. The van der Waals surface area contributed by atoms with Crippen LogP contribution in [-0.2, 0) is 42.9 Å². The van der Waals surface area contributed by atoms with Gasteiger partial charge in [-0.05, 0) is 6.42 Å². The molecule has 0 aliphatic carbocycles. The monoisotopic (exact) mass is 372 g/mol. The van der Waals surface area contributed by atoms with Gasteiger partial charge < -0.3 is 23.7 Å². The van der Waals surface area contributed by atoms with Crippen molar-refractivity contribution in [2.24, 2.45) is 0 Å². The van der Waals surface area contributed by atoms with Crippen molar-refractivity contribution in [2.75, 3.05) is 6.61 Å². The number of rotatable bonds is 7. The molecule has 0 aromatic heterocycles. The van der Waals surface area contributed by atoms with Gasteiger partial charge in [0.2, 0.25) is 0 Å². The number of hydrogen-bond donors (Lipinski definition) is 0. The Morgan fingerprint density at radius 2 is 1.27 bits per heavy atom. The van der Waals surface area contributed by atoms with Gasteiger partial charge in [-0.15, -0.1) is 6.58 Å². The molecule has 0 radical (unpaired) electrons. The highest BCUT2D eigenvalue weighted by Gasteiger charge is 2.51. The molecule has 9 nitrogen and oxygen atoms in total. The number of carbonyl (C=O) groups excluding carboxylic acids is 4. The summed E-state index contributed by atoms with van der Waals surface area (Å²) < 4.78 is 26.6. The van der Waals surface area contributed by atoms with Gasteiger partial charge in [-0.25, -0.2) is 0 Å². The fraction of sp³-hybridized carbons (Fsp3) is 0.647. The first-order valence-corrected chi connectivity index (χ1v) is 8.07. The van der Waals surface area contributed by atoms with Gasteiger partial charge in [0, 0.05) is 27.7 Å². The summed E-state index contributed by atoms with van der Waals surface area (Å²) in [7, 11) is 0. The third kappa shape index (κ3) is 6.47. The van der Waals surface area contributed by atoms with Crippen molar-refractivity contribution in [3.05, 3.63) is 12.7 Å². The Morgan fingerprint density at radius 3 is 1.69 bits per heavy atom. The largest absolute Gasteiger partial charge is 0.463 e. The molecule has 146 valence electrons. The molecule has 9 heteroatoms. The zero-order valence-corrected chi connectivity index (χ0v) is 15.3. The first-order chi connectivity index (χ1) is 12.1. The summed E-state index contributed by atoms with van der Waals surface area (Å²) in [6, 6.07) is 0. The molecular weight excluding hydrogens is 348 g/mol. The molecule has 1 rings (SSSR count). The molecule has 1 unspecified atom stereocenters. The minimum absolute atomic E-state index is 0.231. The molecule has 0 aromatic rings. The van der Waals surface area contributed by atoms with Crippen LogP contribution >= 0.6 is 0 Å². The second-order valence-electron chi connectivity index (χ2n) is 5.76.